The van der Waals surface area contributed by atoms with E-state index in [1.54, 1.807) is 12.1 Å². The number of benzene rings is 2. The average Bonchev–Trinajstić information content (AvgIpc) is 3.21. The van der Waals surface area contributed by atoms with Gasteiger partial charge in [0.15, 0.2) is 6.61 Å². The topological polar surface area (TPSA) is 102 Å². The van der Waals surface area contributed by atoms with Crippen LogP contribution >= 0.6 is 0 Å². The normalized spacial score (nSPS) is 14.3. The molecule has 0 saturated heterocycles. The number of carbonyl (C=O) groups is 2. The molecule has 160 valence electrons. The lowest BCUT2D eigenvalue weighted by molar-refractivity contribution is -0.124. The van der Waals surface area contributed by atoms with E-state index in [0.29, 0.717) is 0 Å². The monoisotopic (exact) mass is 434 g/mol. The van der Waals surface area contributed by atoms with E-state index in [1.165, 1.54) is 25.1 Å². The van der Waals surface area contributed by atoms with Crippen molar-refractivity contribution in [3.05, 3.63) is 59.4 Å². The summed E-state index contributed by atoms with van der Waals surface area (Å²) in [6.07, 6.45) is 3.94. The van der Waals surface area contributed by atoms with Crippen LogP contribution in [0.3, 0.4) is 0 Å². The second-order valence-corrected chi connectivity index (χ2v) is 8.87. The van der Waals surface area contributed by atoms with Gasteiger partial charge >= 0.3 is 5.97 Å². The number of ether oxygens (including phenoxy) is 1. The summed E-state index contributed by atoms with van der Waals surface area (Å²) in [5.74, 6) is -1.74. The Balaban J connectivity index is 1.69. The van der Waals surface area contributed by atoms with Gasteiger partial charge in [-0.05, 0) is 55.7 Å². The number of rotatable bonds is 7. The molecule has 0 spiro atoms. The highest BCUT2D eigenvalue weighted by Crippen LogP contribution is 2.22. The van der Waals surface area contributed by atoms with E-state index in [0.717, 1.165) is 37.8 Å². The first-order chi connectivity index (χ1) is 14.3. The van der Waals surface area contributed by atoms with Crippen molar-refractivity contribution >= 4 is 27.6 Å². The zero-order valence-corrected chi connectivity index (χ0v) is 17.3. The third-order valence-electron chi connectivity index (χ3n) is 4.89. The van der Waals surface area contributed by atoms with Crippen LogP contribution in [0.2, 0.25) is 0 Å². The predicted molar refractivity (Wildman–Crippen MR) is 109 cm³/mol. The minimum absolute atomic E-state index is 0.000629. The molecule has 1 amide bonds. The average molecular weight is 434 g/mol. The molecule has 7 nitrogen and oxygen atoms in total. The number of carbonyl (C=O) groups excluding carboxylic acids is 2. The van der Waals surface area contributed by atoms with Crippen LogP contribution in [0.15, 0.2) is 47.4 Å². The first-order valence-corrected chi connectivity index (χ1v) is 11.1. The van der Waals surface area contributed by atoms with Gasteiger partial charge < -0.3 is 10.1 Å². The molecule has 9 heteroatoms. The number of halogens is 1. The maximum Gasteiger partial charge on any atom is 0.340 e. The number of para-hydroxylation sites is 1. The highest BCUT2D eigenvalue weighted by atomic mass is 32.2. The Morgan fingerprint density at radius 3 is 2.53 bits per heavy atom. The Morgan fingerprint density at radius 1 is 1.13 bits per heavy atom. The van der Waals surface area contributed by atoms with E-state index in [2.05, 4.69) is 10.0 Å². The molecule has 1 aliphatic carbocycles. The number of sulfonamides is 1. The smallest absolute Gasteiger partial charge is 0.340 e. The summed E-state index contributed by atoms with van der Waals surface area (Å²) in [5.41, 5.74) is 0.146. The zero-order chi connectivity index (χ0) is 21.7. The molecular formula is C21H23FN2O5S. The van der Waals surface area contributed by atoms with Gasteiger partial charge in [0.05, 0.1) is 16.1 Å². The zero-order valence-electron chi connectivity index (χ0n) is 16.5. The lowest BCUT2D eigenvalue weighted by Crippen LogP contribution is -2.36. The number of hydrogen-bond acceptors (Lipinski definition) is 5. The number of esters is 1. The SMILES string of the molecule is Cc1cc(S(=O)(=O)Nc2ccccc2C(=O)OCC(=O)NC2CCCC2)ccc1F. The third kappa shape index (κ3) is 5.35. The Labute approximate surface area is 174 Å². The van der Waals surface area contributed by atoms with Crippen molar-refractivity contribution in [2.75, 3.05) is 11.3 Å². The predicted octanol–water partition coefficient (Wildman–Crippen LogP) is 3.15. The van der Waals surface area contributed by atoms with Gasteiger partial charge in [-0.3, -0.25) is 9.52 Å². The van der Waals surface area contributed by atoms with Crippen LogP contribution in [0, 0.1) is 12.7 Å². The summed E-state index contributed by atoms with van der Waals surface area (Å²) in [6, 6.07) is 9.41. The van der Waals surface area contributed by atoms with Crippen LogP contribution in [0.25, 0.3) is 0 Å². The van der Waals surface area contributed by atoms with Crippen molar-refractivity contribution < 1.29 is 27.1 Å². The highest BCUT2D eigenvalue weighted by molar-refractivity contribution is 7.92. The van der Waals surface area contributed by atoms with Gasteiger partial charge in [0.2, 0.25) is 0 Å². The first-order valence-electron chi connectivity index (χ1n) is 9.61. The molecule has 0 atom stereocenters. The third-order valence-corrected chi connectivity index (χ3v) is 6.25. The number of amides is 1. The molecule has 1 saturated carbocycles. The van der Waals surface area contributed by atoms with Gasteiger partial charge in [-0.2, -0.15) is 0 Å². The van der Waals surface area contributed by atoms with Gasteiger partial charge in [0.1, 0.15) is 5.82 Å². The van der Waals surface area contributed by atoms with E-state index in [-0.39, 0.29) is 27.8 Å². The molecule has 30 heavy (non-hydrogen) atoms. The Hall–Kier alpha value is -2.94. The van der Waals surface area contributed by atoms with Gasteiger partial charge in [-0.25, -0.2) is 17.6 Å². The maximum absolute atomic E-state index is 13.5. The Morgan fingerprint density at radius 2 is 1.83 bits per heavy atom. The minimum Gasteiger partial charge on any atom is -0.452 e. The molecule has 2 N–H and O–H groups in total. The van der Waals surface area contributed by atoms with Crippen molar-refractivity contribution in [3.8, 4) is 0 Å². The highest BCUT2D eigenvalue weighted by Gasteiger charge is 2.22. The summed E-state index contributed by atoms with van der Waals surface area (Å²) in [7, 11) is -4.06. The van der Waals surface area contributed by atoms with Gasteiger partial charge in [-0.1, -0.05) is 25.0 Å². The lowest BCUT2D eigenvalue weighted by atomic mass is 10.2. The summed E-state index contributed by atoms with van der Waals surface area (Å²) < 4.78 is 46.1. The van der Waals surface area contributed by atoms with Gasteiger partial charge in [0, 0.05) is 6.04 Å². The van der Waals surface area contributed by atoms with Gasteiger partial charge in [-0.15, -0.1) is 0 Å². The van der Waals surface area contributed by atoms with E-state index < -0.39 is 34.3 Å². The summed E-state index contributed by atoms with van der Waals surface area (Å²) in [4.78, 5) is 24.3. The fraction of sp³-hybridized carbons (Fsp3) is 0.333. The number of anilines is 1. The molecular weight excluding hydrogens is 411 g/mol. The molecule has 1 aliphatic rings. The van der Waals surface area contributed by atoms with E-state index in [9.17, 15) is 22.4 Å². The van der Waals surface area contributed by atoms with Crippen LogP contribution in [0.1, 0.15) is 41.6 Å². The molecule has 0 radical (unpaired) electrons. The number of hydrogen-bond donors (Lipinski definition) is 2. The minimum atomic E-state index is -4.06. The standard InChI is InChI=1S/C21H23FN2O5S/c1-14-12-16(10-11-18(14)22)30(27,28)24-19-9-5-4-8-17(19)21(26)29-13-20(25)23-15-6-2-3-7-15/h4-5,8-12,15,24H,2-3,6-7,13H2,1H3,(H,23,25). The molecule has 0 heterocycles. The van der Waals surface area contributed by atoms with Crippen molar-refractivity contribution in [3.63, 3.8) is 0 Å². The van der Waals surface area contributed by atoms with E-state index in [4.69, 9.17) is 4.74 Å². The van der Waals surface area contributed by atoms with Gasteiger partial charge in [0.25, 0.3) is 15.9 Å². The maximum atomic E-state index is 13.5. The number of nitrogens with one attached hydrogen (secondary N) is 2. The fourth-order valence-electron chi connectivity index (χ4n) is 3.29. The van der Waals surface area contributed by atoms with E-state index >= 15 is 0 Å². The van der Waals surface area contributed by atoms with Crippen LogP contribution in [0.4, 0.5) is 10.1 Å². The molecule has 1 fully saturated rings. The van der Waals surface area contributed by atoms with Crippen LogP contribution in [-0.4, -0.2) is 32.9 Å². The summed E-state index contributed by atoms with van der Waals surface area (Å²) in [5, 5.41) is 2.81. The lowest BCUT2D eigenvalue weighted by Gasteiger charge is -2.14. The quantitative estimate of drug-likeness (QED) is 0.652. The Kier molecular flexibility index (Phi) is 6.71. The van der Waals surface area contributed by atoms with Crippen molar-refractivity contribution in [1.29, 1.82) is 0 Å². The van der Waals surface area contributed by atoms with Crippen LogP contribution in [0.5, 0.6) is 0 Å². The van der Waals surface area contributed by atoms with Crippen LogP contribution in [-0.2, 0) is 19.6 Å². The summed E-state index contributed by atoms with van der Waals surface area (Å²) >= 11 is 0. The number of aryl methyl sites for hydroxylation is 1. The van der Waals surface area contributed by atoms with Crippen molar-refractivity contribution in [1.82, 2.24) is 5.32 Å². The molecule has 2 aromatic rings. The molecule has 0 aromatic heterocycles. The first kappa shape index (κ1) is 21.8. The van der Waals surface area contributed by atoms with Crippen LogP contribution < -0.4 is 10.0 Å². The fourth-order valence-corrected chi connectivity index (χ4v) is 4.45. The van der Waals surface area contributed by atoms with E-state index in [1.807, 2.05) is 0 Å². The molecule has 0 bridgehead atoms. The van der Waals surface area contributed by atoms with Crippen molar-refractivity contribution in [2.24, 2.45) is 0 Å². The summed E-state index contributed by atoms with van der Waals surface area (Å²) in [6.45, 7) is 1.00. The molecule has 0 unspecified atom stereocenters. The Bertz CT molecular complexity index is 1050. The molecule has 0 aliphatic heterocycles. The van der Waals surface area contributed by atoms with Crippen molar-refractivity contribution in [2.45, 2.75) is 43.5 Å². The second kappa shape index (κ2) is 9.25. The molecule has 3 rings (SSSR count). The second-order valence-electron chi connectivity index (χ2n) is 7.19. The molecule has 2 aromatic carbocycles. The largest absolute Gasteiger partial charge is 0.452 e.